The Labute approximate surface area is 147 Å². The Hall–Kier alpha value is -1.36. The molecule has 0 unspecified atom stereocenters. The number of rotatable bonds is 7. The maximum absolute atomic E-state index is 12.8. The van der Waals surface area contributed by atoms with Crippen LogP contribution in [0.2, 0.25) is 0 Å². The molecule has 0 bridgehead atoms. The van der Waals surface area contributed by atoms with Gasteiger partial charge in [-0.05, 0) is 38.5 Å². The summed E-state index contributed by atoms with van der Waals surface area (Å²) in [6, 6.07) is 7.62. The molecule has 1 aromatic carbocycles. The molecule has 0 saturated heterocycles. The van der Waals surface area contributed by atoms with Gasteiger partial charge in [-0.25, -0.2) is 4.98 Å². The van der Waals surface area contributed by atoms with E-state index in [9.17, 15) is 4.79 Å². The zero-order valence-corrected chi connectivity index (χ0v) is 15.5. The molecule has 1 aromatic heterocycles. The molecule has 0 saturated carbocycles. The highest BCUT2D eigenvalue weighted by atomic mass is 79.9. The van der Waals surface area contributed by atoms with Crippen molar-refractivity contribution in [1.29, 1.82) is 5.26 Å². The third-order valence-corrected chi connectivity index (χ3v) is 4.69. The number of ether oxygens (including phenoxy) is 1. The van der Waals surface area contributed by atoms with E-state index in [-0.39, 0.29) is 10.8 Å². The second kappa shape index (κ2) is 8.48. The van der Waals surface area contributed by atoms with Gasteiger partial charge in [0.25, 0.3) is 5.56 Å². The Balaban J connectivity index is 2.45. The minimum atomic E-state index is -0.270. The van der Waals surface area contributed by atoms with Crippen LogP contribution in [0.5, 0.6) is 0 Å². The number of hydrogen-bond donors (Lipinski definition) is 0. The Morgan fingerprint density at radius 1 is 1.52 bits per heavy atom. The summed E-state index contributed by atoms with van der Waals surface area (Å²) in [4.78, 5) is 17.4. The van der Waals surface area contributed by atoms with Crippen molar-refractivity contribution in [2.24, 2.45) is 0 Å². The molecule has 0 aliphatic rings. The number of halogens is 1. The van der Waals surface area contributed by atoms with Gasteiger partial charge < -0.3 is 4.74 Å². The van der Waals surface area contributed by atoms with Crippen molar-refractivity contribution < 1.29 is 4.74 Å². The molecule has 0 amide bonds. The normalized spacial score (nSPS) is 12.3. The minimum absolute atomic E-state index is 0.0829. The van der Waals surface area contributed by atoms with Crippen LogP contribution in [0.4, 0.5) is 0 Å². The van der Waals surface area contributed by atoms with E-state index in [2.05, 4.69) is 27.0 Å². The van der Waals surface area contributed by atoms with Crippen molar-refractivity contribution in [1.82, 2.24) is 9.55 Å². The van der Waals surface area contributed by atoms with Gasteiger partial charge in [-0.15, -0.1) is 0 Å². The highest BCUT2D eigenvalue weighted by molar-refractivity contribution is 9.10. The summed E-state index contributed by atoms with van der Waals surface area (Å²) < 4.78 is 7.83. The number of hydrogen-bond acceptors (Lipinski definition) is 5. The molecule has 2 aromatic rings. The molecule has 0 spiro atoms. The summed E-state index contributed by atoms with van der Waals surface area (Å²) in [6.45, 7) is 5.52. The molecule has 1 heterocycles. The predicted octanol–water partition coefficient (Wildman–Crippen LogP) is 3.59. The molecule has 23 heavy (non-hydrogen) atoms. The zero-order chi connectivity index (χ0) is 16.8. The fourth-order valence-electron chi connectivity index (χ4n) is 2.11. The van der Waals surface area contributed by atoms with E-state index in [1.54, 1.807) is 17.6 Å². The topological polar surface area (TPSA) is 67.9 Å². The van der Waals surface area contributed by atoms with Gasteiger partial charge in [-0.1, -0.05) is 27.7 Å². The first-order chi connectivity index (χ1) is 11.1. The Morgan fingerprint density at radius 2 is 2.30 bits per heavy atom. The summed E-state index contributed by atoms with van der Waals surface area (Å²) in [5, 5.41) is 9.92. The second-order valence-corrected chi connectivity index (χ2v) is 7.18. The Kier molecular flexibility index (Phi) is 6.63. The summed E-state index contributed by atoms with van der Waals surface area (Å²) in [6.07, 6.45) is 0.726. The number of fused-ring (bicyclic) bond motifs is 1. The molecule has 1 atom stereocenters. The van der Waals surface area contributed by atoms with Crippen LogP contribution in [0, 0.1) is 11.3 Å². The lowest BCUT2D eigenvalue weighted by atomic mass is 10.2. The van der Waals surface area contributed by atoms with Gasteiger partial charge in [0.15, 0.2) is 5.16 Å². The van der Waals surface area contributed by atoms with E-state index in [1.165, 1.54) is 11.8 Å². The molecule has 0 fully saturated rings. The van der Waals surface area contributed by atoms with Crippen LogP contribution in [-0.2, 0) is 11.3 Å². The van der Waals surface area contributed by atoms with Crippen LogP contribution in [0.1, 0.15) is 20.3 Å². The lowest BCUT2D eigenvalue weighted by Crippen LogP contribution is -2.24. The minimum Gasteiger partial charge on any atom is -0.382 e. The summed E-state index contributed by atoms with van der Waals surface area (Å²) in [5.74, 6) is 0. The second-order valence-electron chi connectivity index (χ2n) is 4.95. The fourth-order valence-corrected chi connectivity index (χ4v) is 3.30. The standard InChI is InChI=1S/C16H18BrN3O2S/c1-3-22-8-4-7-20-15(21)13-9-12(17)5-6-14(13)19-16(20)23-11(2)10-18/h5-6,9,11H,3-4,7-8H2,1-2H3/t11-/m0/s1. The van der Waals surface area contributed by atoms with Crippen molar-refractivity contribution >= 4 is 38.6 Å². The van der Waals surface area contributed by atoms with Gasteiger partial charge in [0, 0.05) is 24.2 Å². The maximum Gasteiger partial charge on any atom is 0.262 e. The molecule has 0 aliphatic carbocycles. The highest BCUT2D eigenvalue weighted by Crippen LogP contribution is 2.23. The van der Waals surface area contributed by atoms with Crippen molar-refractivity contribution in [3.63, 3.8) is 0 Å². The number of nitrogens with zero attached hydrogens (tertiary/aromatic N) is 3. The first kappa shape index (κ1) is 18.0. The van der Waals surface area contributed by atoms with Gasteiger partial charge in [-0.2, -0.15) is 5.26 Å². The lowest BCUT2D eigenvalue weighted by Gasteiger charge is -2.14. The van der Waals surface area contributed by atoms with E-state index in [0.29, 0.717) is 35.8 Å². The third-order valence-electron chi connectivity index (χ3n) is 3.22. The van der Waals surface area contributed by atoms with Crippen LogP contribution < -0.4 is 5.56 Å². The average Bonchev–Trinajstić information content (AvgIpc) is 2.54. The highest BCUT2D eigenvalue weighted by Gasteiger charge is 2.14. The molecule has 0 N–H and O–H groups in total. The van der Waals surface area contributed by atoms with E-state index in [1.807, 2.05) is 19.1 Å². The number of nitriles is 1. The van der Waals surface area contributed by atoms with Crippen molar-refractivity contribution in [3.8, 4) is 6.07 Å². The first-order valence-corrected chi connectivity index (χ1v) is 9.08. The van der Waals surface area contributed by atoms with E-state index >= 15 is 0 Å². The van der Waals surface area contributed by atoms with Gasteiger partial charge in [-0.3, -0.25) is 9.36 Å². The zero-order valence-electron chi connectivity index (χ0n) is 13.1. The van der Waals surface area contributed by atoms with Crippen LogP contribution in [-0.4, -0.2) is 28.0 Å². The Bertz CT molecular complexity index is 785. The van der Waals surface area contributed by atoms with Crippen LogP contribution in [0.3, 0.4) is 0 Å². The van der Waals surface area contributed by atoms with E-state index < -0.39 is 0 Å². The SMILES string of the molecule is CCOCCCn1c(S[C@@H](C)C#N)nc2ccc(Br)cc2c1=O. The predicted molar refractivity (Wildman–Crippen MR) is 95.7 cm³/mol. The molecule has 0 aliphatic heterocycles. The number of thioether (sulfide) groups is 1. The molecule has 5 nitrogen and oxygen atoms in total. The molecule has 2 rings (SSSR count). The van der Waals surface area contributed by atoms with Crippen LogP contribution in [0.25, 0.3) is 10.9 Å². The average molecular weight is 396 g/mol. The summed E-state index contributed by atoms with van der Waals surface area (Å²) >= 11 is 4.70. The molecule has 7 heteroatoms. The monoisotopic (exact) mass is 395 g/mol. The van der Waals surface area contributed by atoms with Crippen molar-refractivity contribution in [3.05, 3.63) is 33.0 Å². The van der Waals surface area contributed by atoms with Crippen molar-refractivity contribution in [2.45, 2.75) is 37.2 Å². The third kappa shape index (κ3) is 4.56. The van der Waals surface area contributed by atoms with E-state index in [0.717, 1.165) is 10.9 Å². The number of benzene rings is 1. The van der Waals surface area contributed by atoms with Crippen molar-refractivity contribution in [2.75, 3.05) is 13.2 Å². The largest absolute Gasteiger partial charge is 0.382 e. The number of aromatic nitrogens is 2. The fraction of sp³-hybridized carbons (Fsp3) is 0.438. The summed E-state index contributed by atoms with van der Waals surface area (Å²) in [7, 11) is 0. The van der Waals surface area contributed by atoms with Gasteiger partial charge in [0.05, 0.1) is 22.2 Å². The molecule has 0 radical (unpaired) electrons. The van der Waals surface area contributed by atoms with Gasteiger partial charge in [0.2, 0.25) is 0 Å². The van der Waals surface area contributed by atoms with Crippen LogP contribution >= 0.6 is 27.7 Å². The van der Waals surface area contributed by atoms with Gasteiger partial charge >= 0.3 is 0 Å². The first-order valence-electron chi connectivity index (χ1n) is 7.41. The van der Waals surface area contributed by atoms with E-state index in [4.69, 9.17) is 10.00 Å². The molecule has 122 valence electrons. The Morgan fingerprint density at radius 3 is 3.00 bits per heavy atom. The lowest BCUT2D eigenvalue weighted by molar-refractivity contribution is 0.140. The van der Waals surface area contributed by atoms with Gasteiger partial charge in [0.1, 0.15) is 0 Å². The smallest absolute Gasteiger partial charge is 0.262 e. The molecular formula is C16H18BrN3O2S. The van der Waals surface area contributed by atoms with Crippen LogP contribution in [0.15, 0.2) is 32.6 Å². The molecular weight excluding hydrogens is 378 g/mol. The maximum atomic E-state index is 12.8. The summed E-state index contributed by atoms with van der Waals surface area (Å²) in [5.41, 5.74) is 0.562. The quantitative estimate of drug-likeness (QED) is 0.407.